The van der Waals surface area contributed by atoms with Crippen molar-refractivity contribution in [1.82, 2.24) is 15.0 Å². The number of aromatic nitrogens is 3. The Hall–Kier alpha value is -8.25. The van der Waals surface area contributed by atoms with Gasteiger partial charge >= 0.3 is 0 Å². The van der Waals surface area contributed by atoms with Gasteiger partial charge in [-0.25, -0.2) is 15.0 Å². The maximum atomic E-state index is 9.31. The molecule has 0 unspecified atom stereocenters. The highest BCUT2D eigenvalue weighted by Crippen LogP contribution is 2.59. The van der Waals surface area contributed by atoms with Crippen molar-refractivity contribution >= 4 is 0 Å². The molecule has 2 aliphatic rings. The Morgan fingerprint density at radius 1 is 0.350 bits per heavy atom. The van der Waals surface area contributed by atoms with Crippen LogP contribution in [0.2, 0.25) is 0 Å². The number of rotatable bonds is 5. The molecule has 0 N–H and O–H groups in total. The molecule has 11 rings (SSSR count). The van der Waals surface area contributed by atoms with Gasteiger partial charge in [-0.3, -0.25) is 0 Å². The molecule has 2 aliphatic carbocycles. The van der Waals surface area contributed by atoms with Gasteiger partial charge in [0.1, 0.15) is 0 Å². The lowest BCUT2D eigenvalue weighted by Crippen LogP contribution is -2.34. The highest BCUT2D eigenvalue weighted by atomic mass is 15.0. The van der Waals surface area contributed by atoms with Crippen LogP contribution in [0, 0.1) is 22.7 Å². The monoisotopic (exact) mass is 763 g/mol. The van der Waals surface area contributed by atoms with Gasteiger partial charge in [-0.05, 0) is 104 Å². The van der Waals surface area contributed by atoms with Gasteiger partial charge in [0.15, 0.2) is 17.5 Å². The Kier molecular flexibility index (Phi) is 8.15. The van der Waals surface area contributed by atoms with Crippen LogP contribution in [-0.4, -0.2) is 15.0 Å². The van der Waals surface area contributed by atoms with Crippen molar-refractivity contribution in [3.05, 3.63) is 233 Å². The summed E-state index contributed by atoms with van der Waals surface area (Å²) in [6.45, 7) is 0. The largest absolute Gasteiger partial charge is 0.208 e. The molecule has 0 atom stereocenters. The second kappa shape index (κ2) is 14.0. The third-order valence-electron chi connectivity index (χ3n) is 12.1. The summed E-state index contributed by atoms with van der Waals surface area (Å²) >= 11 is 0. The van der Waals surface area contributed by atoms with E-state index >= 15 is 0 Å². The van der Waals surface area contributed by atoms with Crippen molar-refractivity contribution in [3.8, 4) is 79.7 Å². The van der Waals surface area contributed by atoms with Gasteiger partial charge in [-0.2, -0.15) is 10.5 Å². The Bertz CT molecular complexity index is 3060. The summed E-state index contributed by atoms with van der Waals surface area (Å²) in [6.07, 6.45) is 0.888. The van der Waals surface area contributed by atoms with Crippen molar-refractivity contribution in [2.75, 3.05) is 0 Å². The van der Waals surface area contributed by atoms with Crippen LogP contribution in [0.1, 0.15) is 44.5 Å². The van der Waals surface area contributed by atoms with E-state index in [0.717, 1.165) is 45.4 Å². The lowest BCUT2D eigenvalue weighted by atomic mass is 9.61. The maximum absolute atomic E-state index is 9.31. The molecule has 9 aromatic rings. The topological polar surface area (TPSA) is 86.2 Å². The minimum atomic E-state index is -0.505. The van der Waals surface area contributed by atoms with E-state index in [9.17, 15) is 10.5 Å². The number of benzene rings is 8. The van der Waals surface area contributed by atoms with E-state index < -0.39 is 5.41 Å². The first-order valence-electron chi connectivity index (χ1n) is 20.0. The SMILES string of the molecule is N#Cc1ccc(-c2ccc(-c3nc(-c4ccc(-c5ccc(C#N)cc5)cc4)nc(-c4ccc5c(c4)C4(c6ccccc6Cc6ccccc64)c4ccccc4-5)n3)cc2)cc1. The van der Waals surface area contributed by atoms with Crippen molar-refractivity contribution in [1.29, 1.82) is 10.5 Å². The Balaban J connectivity index is 1.08. The molecular formula is C55H33N5. The van der Waals surface area contributed by atoms with Gasteiger partial charge in [0.25, 0.3) is 0 Å². The Morgan fingerprint density at radius 3 is 1.20 bits per heavy atom. The summed E-state index contributed by atoms with van der Waals surface area (Å²) in [4.78, 5) is 15.5. The van der Waals surface area contributed by atoms with Crippen molar-refractivity contribution in [2.45, 2.75) is 11.8 Å². The van der Waals surface area contributed by atoms with E-state index in [1.165, 1.54) is 44.5 Å². The van der Waals surface area contributed by atoms with Crippen LogP contribution in [0.3, 0.4) is 0 Å². The summed E-state index contributed by atoms with van der Waals surface area (Å²) in [6, 6.07) is 69.5. The van der Waals surface area contributed by atoms with Crippen molar-refractivity contribution in [2.24, 2.45) is 0 Å². The molecule has 60 heavy (non-hydrogen) atoms. The Morgan fingerprint density at radius 2 is 0.717 bits per heavy atom. The lowest BCUT2D eigenvalue weighted by molar-refractivity contribution is 0.722. The van der Waals surface area contributed by atoms with Gasteiger partial charge in [-0.1, -0.05) is 158 Å². The molecule has 0 bridgehead atoms. The van der Waals surface area contributed by atoms with Gasteiger partial charge in [0.05, 0.1) is 28.7 Å². The van der Waals surface area contributed by atoms with Crippen LogP contribution in [0.15, 0.2) is 188 Å². The number of nitriles is 2. The smallest absolute Gasteiger partial charge is 0.164 e. The molecule has 0 aliphatic heterocycles. The molecule has 1 spiro atoms. The van der Waals surface area contributed by atoms with E-state index in [1.807, 2.05) is 48.5 Å². The first kappa shape index (κ1) is 35.0. The summed E-state index contributed by atoms with van der Waals surface area (Å²) < 4.78 is 0. The fourth-order valence-corrected chi connectivity index (χ4v) is 9.29. The van der Waals surface area contributed by atoms with Crippen LogP contribution in [0.4, 0.5) is 0 Å². The standard InChI is InChI=1S/C55H33N5/c56-33-35-13-17-37(18-14-35)39-21-25-41(26-22-39)52-58-53(42-27-23-40(24-28-42)38-19-15-36(34-57)16-20-38)60-54(59-52)45-29-30-47-46-9-3-6-12-50(46)55(51(47)32-45)48-10-4-1-7-43(48)31-44-8-2-5-11-49(44)55/h1-30,32H,31H2. The third kappa shape index (κ3) is 5.57. The molecule has 1 aromatic heterocycles. The molecule has 0 saturated carbocycles. The van der Waals surface area contributed by atoms with Crippen LogP contribution in [0.5, 0.6) is 0 Å². The Labute approximate surface area is 348 Å². The first-order valence-corrected chi connectivity index (χ1v) is 20.0. The van der Waals surface area contributed by atoms with Crippen molar-refractivity contribution < 1.29 is 0 Å². The number of nitrogens with zero attached hydrogens (tertiary/aromatic N) is 5. The predicted octanol–water partition coefficient (Wildman–Crippen LogP) is 12.2. The molecule has 0 saturated heterocycles. The van der Waals surface area contributed by atoms with Gasteiger partial charge in [-0.15, -0.1) is 0 Å². The summed E-state index contributed by atoms with van der Waals surface area (Å²) in [5.74, 6) is 1.74. The quantitative estimate of drug-likeness (QED) is 0.174. The number of fused-ring (bicyclic) bond motifs is 9. The van der Waals surface area contributed by atoms with E-state index in [-0.39, 0.29) is 0 Å². The maximum Gasteiger partial charge on any atom is 0.164 e. The van der Waals surface area contributed by atoms with Crippen molar-refractivity contribution in [3.63, 3.8) is 0 Å². The zero-order valence-electron chi connectivity index (χ0n) is 32.3. The molecule has 5 nitrogen and oxygen atoms in total. The molecule has 1 heterocycles. The molecule has 0 radical (unpaired) electrons. The average Bonchev–Trinajstić information content (AvgIpc) is 3.61. The molecule has 8 aromatic carbocycles. The summed E-state index contributed by atoms with van der Waals surface area (Å²) in [7, 11) is 0. The predicted molar refractivity (Wildman–Crippen MR) is 237 cm³/mol. The molecule has 0 amide bonds. The van der Waals surface area contributed by atoms with E-state index in [4.69, 9.17) is 15.0 Å². The highest BCUT2D eigenvalue weighted by Gasteiger charge is 2.49. The fourth-order valence-electron chi connectivity index (χ4n) is 9.29. The van der Waals surface area contributed by atoms with E-state index in [1.54, 1.807) is 0 Å². The first-order chi connectivity index (χ1) is 29.6. The van der Waals surface area contributed by atoms with Gasteiger partial charge < -0.3 is 0 Å². The second-order valence-electron chi connectivity index (χ2n) is 15.4. The minimum Gasteiger partial charge on any atom is -0.208 e. The van der Waals surface area contributed by atoms with Crippen LogP contribution >= 0.6 is 0 Å². The van der Waals surface area contributed by atoms with Crippen LogP contribution in [-0.2, 0) is 11.8 Å². The lowest BCUT2D eigenvalue weighted by Gasteiger charge is -2.40. The number of hydrogen-bond acceptors (Lipinski definition) is 5. The molecule has 0 fully saturated rings. The zero-order valence-corrected chi connectivity index (χ0v) is 32.3. The zero-order chi connectivity index (χ0) is 40.2. The van der Waals surface area contributed by atoms with Crippen LogP contribution < -0.4 is 0 Å². The molecule has 278 valence electrons. The molecular weight excluding hydrogens is 731 g/mol. The fraction of sp³-hybridized carbons (Fsp3) is 0.0364. The van der Waals surface area contributed by atoms with E-state index in [0.29, 0.717) is 28.6 Å². The molecule has 5 heteroatoms. The van der Waals surface area contributed by atoms with Gasteiger partial charge in [0.2, 0.25) is 0 Å². The van der Waals surface area contributed by atoms with Gasteiger partial charge in [0, 0.05) is 16.7 Å². The van der Waals surface area contributed by atoms with E-state index in [2.05, 4.69) is 152 Å². The average molecular weight is 764 g/mol. The normalized spacial score (nSPS) is 12.7. The summed E-state index contributed by atoms with van der Waals surface area (Å²) in [5, 5.41) is 18.6. The van der Waals surface area contributed by atoms with Crippen LogP contribution in [0.25, 0.3) is 67.5 Å². The number of hydrogen-bond donors (Lipinski definition) is 0. The third-order valence-corrected chi connectivity index (χ3v) is 12.1. The minimum absolute atomic E-state index is 0.505. The highest BCUT2D eigenvalue weighted by molar-refractivity contribution is 5.89. The summed E-state index contributed by atoms with van der Waals surface area (Å²) in [5.41, 5.74) is 17.8. The second-order valence-corrected chi connectivity index (χ2v) is 15.4.